The highest BCUT2D eigenvalue weighted by molar-refractivity contribution is 14.1. The predicted octanol–water partition coefficient (Wildman–Crippen LogP) is 4.26. The number of hydrogen-bond acceptors (Lipinski definition) is 1. The third-order valence-corrected chi connectivity index (χ3v) is 4.52. The third kappa shape index (κ3) is 2.53. The van der Waals surface area contributed by atoms with Crippen LogP contribution in [0.2, 0.25) is 0 Å². The fraction of sp³-hybridized carbons (Fsp3) is 0.250. The number of para-hydroxylation sites is 1. The van der Waals surface area contributed by atoms with Crippen LogP contribution < -0.4 is 5.32 Å². The van der Waals surface area contributed by atoms with Gasteiger partial charge in [-0.2, -0.15) is 0 Å². The van der Waals surface area contributed by atoms with E-state index in [9.17, 15) is 0 Å². The maximum absolute atomic E-state index is 3.68. The van der Waals surface area contributed by atoms with Crippen LogP contribution in [0.3, 0.4) is 0 Å². The van der Waals surface area contributed by atoms with Gasteiger partial charge in [-0.3, -0.25) is 0 Å². The number of fused-ring (bicyclic) bond motifs is 1. The second-order valence-corrected chi connectivity index (χ2v) is 5.99. The van der Waals surface area contributed by atoms with E-state index in [0.29, 0.717) is 6.04 Å². The number of benzene rings is 2. The molecular formula is C16H16IN. The zero-order chi connectivity index (χ0) is 12.4. The molecule has 2 aromatic rings. The Morgan fingerprint density at radius 1 is 0.944 bits per heavy atom. The Morgan fingerprint density at radius 3 is 2.50 bits per heavy atom. The molecule has 2 heteroatoms. The molecule has 18 heavy (non-hydrogen) atoms. The van der Waals surface area contributed by atoms with Crippen molar-refractivity contribution in [3.63, 3.8) is 0 Å². The number of halogens is 1. The number of rotatable bonds is 2. The number of hydrogen-bond donors (Lipinski definition) is 1. The van der Waals surface area contributed by atoms with E-state index >= 15 is 0 Å². The average molecular weight is 349 g/mol. The highest BCUT2D eigenvalue weighted by Gasteiger charge is 2.18. The second kappa shape index (κ2) is 5.31. The minimum atomic E-state index is 0.566. The van der Waals surface area contributed by atoms with Crippen LogP contribution in [0.15, 0.2) is 48.5 Å². The van der Waals surface area contributed by atoms with Gasteiger partial charge < -0.3 is 5.32 Å². The van der Waals surface area contributed by atoms with Crippen molar-refractivity contribution < 1.29 is 0 Å². The van der Waals surface area contributed by atoms with E-state index in [4.69, 9.17) is 0 Å². The monoisotopic (exact) mass is 349 g/mol. The lowest BCUT2D eigenvalue weighted by Crippen LogP contribution is -2.27. The molecule has 0 amide bonds. The molecule has 0 bridgehead atoms. The first-order chi connectivity index (χ1) is 8.83. The van der Waals surface area contributed by atoms with Crippen LogP contribution >= 0.6 is 22.6 Å². The van der Waals surface area contributed by atoms with E-state index < -0.39 is 0 Å². The van der Waals surface area contributed by atoms with Crippen LogP contribution in [-0.4, -0.2) is 6.04 Å². The topological polar surface area (TPSA) is 12.0 Å². The van der Waals surface area contributed by atoms with Crippen LogP contribution in [-0.2, 0) is 12.8 Å². The Bertz CT molecular complexity index is 550. The van der Waals surface area contributed by atoms with Crippen LogP contribution in [0, 0.1) is 3.57 Å². The number of nitrogens with one attached hydrogen (secondary N) is 1. The summed E-state index contributed by atoms with van der Waals surface area (Å²) in [4.78, 5) is 0. The molecule has 1 aliphatic carbocycles. The summed E-state index contributed by atoms with van der Waals surface area (Å²) in [5.41, 5.74) is 4.30. The highest BCUT2D eigenvalue weighted by Crippen LogP contribution is 2.25. The fourth-order valence-electron chi connectivity index (χ4n) is 2.62. The maximum atomic E-state index is 3.68. The van der Waals surface area contributed by atoms with Crippen molar-refractivity contribution in [1.82, 2.24) is 0 Å². The van der Waals surface area contributed by atoms with Crippen molar-refractivity contribution in [2.24, 2.45) is 0 Å². The van der Waals surface area contributed by atoms with E-state index in [1.807, 2.05) is 0 Å². The van der Waals surface area contributed by atoms with Gasteiger partial charge in [0, 0.05) is 15.3 Å². The van der Waals surface area contributed by atoms with E-state index in [1.165, 1.54) is 33.2 Å². The molecule has 3 rings (SSSR count). The summed E-state index contributed by atoms with van der Waals surface area (Å²) in [5, 5.41) is 3.68. The Balaban J connectivity index is 1.75. The van der Waals surface area contributed by atoms with E-state index in [0.717, 1.165) is 6.42 Å². The summed E-state index contributed by atoms with van der Waals surface area (Å²) < 4.78 is 1.30. The summed E-state index contributed by atoms with van der Waals surface area (Å²) in [7, 11) is 0. The Labute approximate surface area is 122 Å². The molecule has 1 unspecified atom stereocenters. The van der Waals surface area contributed by atoms with Crippen molar-refractivity contribution in [1.29, 1.82) is 0 Å². The molecule has 0 saturated heterocycles. The lowest BCUT2D eigenvalue weighted by atomic mass is 9.88. The third-order valence-electron chi connectivity index (χ3n) is 3.58. The molecule has 0 saturated carbocycles. The molecule has 1 atom stereocenters. The van der Waals surface area contributed by atoms with Gasteiger partial charge >= 0.3 is 0 Å². The van der Waals surface area contributed by atoms with Crippen molar-refractivity contribution in [2.45, 2.75) is 25.3 Å². The molecule has 0 aliphatic heterocycles. The Hall–Kier alpha value is -1.03. The van der Waals surface area contributed by atoms with Crippen molar-refractivity contribution in [2.75, 3.05) is 5.32 Å². The molecule has 0 fully saturated rings. The molecule has 92 valence electrons. The van der Waals surface area contributed by atoms with Gasteiger partial charge in [-0.1, -0.05) is 36.4 Å². The molecular weight excluding hydrogens is 333 g/mol. The first-order valence-corrected chi connectivity index (χ1v) is 7.48. The van der Waals surface area contributed by atoms with E-state index in [-0.39, 0.29) is 0 Å². The number of anilines is 1. The van der Waals surface area contributed by atoms with Gasteiger partial charge in [0.2, 0.25) is 0 Å². The van der Waals surface area contributed by atoms with Gasteiger partial charge in [0.25, 0.3) is 0 Å². The van der Waals surface area contributed by atoms with Crippen molar-refractivity contribution in [3.8, 4) is 0 Å². The van der Waals surface area contributed by atoms with E-state index in [2.05, 4.69) is 76.4 Å². The van der Waals surface area contributed by atoms with Gasteiger partial charge in [-0.05, 0) is 65.1 Å². The van der Waals surface area contributed by atoms with Crippen molar-refractivity contribution in [3.05, 3.63) is 63.2 Å². The molecule has 2 aromatic carbocycles. The molecule has 1 N–H and O–H groups in total. The van der Waals surface area contributed by atoms with Crippen LogP contribution in [0.4, 0.5) is 5.69 Å². The van der Waals surface area contributed by atoms with Crippen LogP contribution in [0.5, 0.6) is 0 Å². The summed E-state index contributed by atoms with van der Waals surface area (Å²) in [6.45, 7) is 0. The summed E-state index contributed by atoms with van der Waals surface area (Å²) in [6, 6.07) is 17.9. The normalized spacial score (nSPS) is 18.2. The standard InChI is InChI=1S/C16H16IN/c17-15-7-3-4-8-16(15)18-14-10-9-12-5-1-2-6-13(12)11-14/h1-8,14,18H,9-11H2. The molecule has 1 nitrogen and oxygen atoms in total. The lowest BCUT2D eigenvalue weighted by molar-refractivity contribution is 0.610. The predicted molar refractivity (Wildman–Crippen MR) is 85.0 cm³/mol. The van der Waals surface area contributed by atoms with Crippen LogP contribution in [0.1, 0.15) is 17.5 Å². The quantitative estimate of drug-likeness (QED) is 0.799. The van der Waals surface area contributed by atoms with Gasteiger partial charge in [0.05, 0.1) is 0 Å². The average Bonchev–Trinajstić information content (AvgIpc) is 2.41. The van der Waals surface area contributed by atoms with Gasteiger partial charge in [-0.15, -0.1) is 0 Å². The summed E-state index contributed by atoms with van der Waals surface area (Å²) in [6.07, 6.45) is 3.56. The molecule has 0 spiro atoms. The minimum Gasteiger partial charge on any atom is -0.381 e. The maximum Gasteiger partial charge on any atom is 0.0478 e. The SMILES string of the molecule is Ic1ccccc1NC1CCc2ccccc2C1. The van der Waals surface area contributed by atoms with Gasteiger partial charge in [0.15, 0.2) is 0 Å². The molecule has 1 aliphatic rings. The Kier molecular flexibility index (Phi) is 3.55. The fourth-order valence-corrected chi connectivity index (χ4v) is 3.16. The second-order valence-electron chi connectivity index (χ2n) is 4.83. The highest BCUT2D eigenvalue weighted by atomic mass is 127. The molecule has 0 aromatic heterocycles. The number of aryl methyl sites for hydroxylation is 1. The largest absolute Gasteiger partial charge is 0.381 e. The Morgan fingerprint density at radius 2 is 1.67 bits per heavy atom. The zero-order valence-corrected chi connectivity index (χ0v) is 12.4. The molecule has 0 heterocycles. The summed E-state index contributed by atoms with van der Waals surface area (Å²) >= 11 is 2.39. The zero-order valence-electron chi connectivity index (χ0n) is 10.2. The van der Waals surface area contributed by atoms with Gasteiger partial charge in [-0.25, -0.2) is 0 Å². The smallest absolute Gasteiger partial charge is 0.0478 e. The van der Waals surface area contributed by atoms with Crippen LogP contribution in [0.25, 0.3) is 0 Å². The first-order valence-electron chi connectivity index (χ1n) is 6.41. The van der Waals surface area contributed by atoms with Crippen molar-refractivity contribution >= 4 is 28.3 Å². The minimum absolute atomic E-state index is 0.566. The molecule has 0 radical (unpaired) electrons. The lowest BCUT2D eigenvalue weighted by Gasteiger charge is -2.26. The summed E-state index contributed by atoms with van der Waals surface area (Å²) in [5.74, 6) is 0. The van der Waals surface area contributed by atoms with E-state index in [1.54, 1.807) is 0 Å². The van der Waals surface area contributed by atoms with Gasteiger partial charge in [0.1, 0.15) is 0 Å². The first kappa shape index (κ1) is 12.0.